The lowest BCUT2D eigenvalue weighted by Gasteiger charge is -2.24. The van der Waals surface area contributed by atoms with Crippen molar-refractivity contribution in [1.29, 1.82) is 0 Å². The van der Waals surface area contributed by atoms with E-state index in [4.69, 9.17) is 16.6 Å². The van der Waals surface area contributed by atoms with E-state index in [1.165, 1.54) is 18.4 Å². The molecule has 4 nitrogen and oxygen atoms in total. The molecule has 0 N–H and O–H groups in total. The van der Waals surface area contributed by atoms with E-state index in [2.05, 4.69) is 39.8 Å². The molecular weight excluding hydrogens is 370 g/mol. The first kappa shape index (κ1) is 17.7. The number of hydrogen-bond acceptors (Lipinski definition) is 2. The highest BCUT2D eigenvalue weighted by molar-refractivity contribution is 6.30. The molecule has 2 aromatic carbocycles. The number of fused-ring (bicyclic) bond motifs is 1. The molecule has 28 heavy (non-hydrogen) atoms. The molecule has 2 aliphatic rings. The number of carbonyl (C=O) groups excluding carboxylic acids is 1. The molecule has 1 saturated carbocycles. The molecule has 1 saturated heterocycles. The lowest BCUT2D eigenvalue weighted by molar-refractivity contribution is -0.129. The quantitative estimate of drug-likeness (QED) is 0.625. The number of hydrogen-bond donors (Lipinski definition) is 0. The van der Waals surface area contributed by atoms with E-state index in [0.29, 0.717) is 18.4 Å². The first-order valence-corrected chi connectivity index (χ1v) is 10.6. The summed E-state index contributed by atoms with van der Waals surface area (Å²) in [6.07, 6.45) is 5.36. The fraction of sp³-hybridized carbons (Fsp3) is 0.391. The van der Waals surface area contributed by atoms with Crippen LogP contribution in [0.3, 0.4) is 0 Å². The summed E-state index contributed by atoms with van der Waals surface area (Å²) >= 11 is 6.06. The fourth-order valence-electron chi connectivity index (χ4n) is 4.82. The van der Waals surface area contributed by atoms with E-state index in [1.807, 2.05) is 18.2 Å². The Morgan fingerprint density at radius 3 is 2.57 bits per heavy atom. The van der Waals surface area contributed by atoms with E-state index in [-0.39, 0.29) is 5.92 Å². The molecule has 1 atom stereocenters. The largest absolute Gasteiger partial charge is 0.339 e. The van der Waals surface area contributed by atoms with Crippen LogP contribution in [0.15, 0.2) is 48.5 Å². The van der Waals surface area contributed by atoms with Crippen LogP contribution in [0.25, 0.3) is 11.0 Å². The van der Waals surface area contributed by atoms with Gasteiger partial charge in [-0.25, -0.2) is 4.98 Å². The number of nitrogens with zero attached hydrogens (tertiary/aromatic N) is 3. The van der Waals surface area contributed by atoms with E-state index in [1.54, 1.807) is 0 Å². The summed E-state index contributed by atoms with van der Waals surface area (Å²) in [5.41, 5.74) is 3.31. The Labute approximate surface area is 170 Å². The number of imidazole rings is 1. The van der Waals surface area contributed by atoms with Gasteiger partial charge in [-0.2, -0.15) is 0 Å². The monoisotopic (exact) mass is 393 g/mol. The first-order valence-electron chi connectivity index (χ1n) is 10.2. The van der Waals surface area contributed by atoms with Crippen LogP contribution in [0.2, 0.25) is 5.02 Å². The average Bonchev–Trinajstić information content (AvgIpc) is 3.42. The Balaban J connectivity index is 1.50. The molecule has 144 valence electrons. The summed E-state index contributed by atoms with van der Waals surface area (Å²) < 4.78 is 2.29. The SMILES string of the molecule is O=C1CC(c2nc3ccccc3n2Cc2ccc(Cl)cc2)CN1C1CCCC1. The smallest absolute Gasteiger partial charge is 0.223 e. The predicted octanol–water partition coefficient (Wildman–Crippen LogP) is 5.00. The maximum absolute atomic E-state index is 12.7. The minimum atomic E-state index is 0.160. The molecule has 1 aliphatic heterocycles. The lowest BCUT2D eigenvalue weighted by atomic mass is 10.1. The van der Waals surface area contributed by atoms with Gasteiger partial charge >= 0.3 is 0 Å². The predicted molar refractivity (Wildman–Crippen MR) is 112 cm³/mol. The molecule has 2 heterocycles. The molecule has 0 radical (unpaired) electrons. The Kier molecular flexibility index (Phi) is 4.59. The van der Waals surface area contributed by atoms with Gasteiger partial charge in [0.15, 0.2) is 0 Å². The van der Waals surface area contributed by atoms with E-state index in [9.17, 15) is 4.79 Å². The van der Waals surface area contributed by atoms with Gasteiger partial charge in [-0.05, 0) is 42.7 Å². The summed E-state index contributed by atoms with van der Waals surface area (Å²) in [7, 11) is 0. The fourth-order valence-corrected chi connectivity index (χ4v) is 4.94. The molecule has 1 amide bonds. The molecule has 1 aromatic heterocycles. The molecule has 3 aromatic rings. The summed E-state index contributed by atoms with van der Waals surface area (Å²) in [5.74, 6) is 1.49. The van der Waals surface area contributed by atoms with Crippen molar-refractivity contribution < 1.29 is 4.79 Å². The Hall–Kier alpha value is -2.33. The van der Waals surface area contributed by atoms with Gasteiger partial charge in [0.25, 0.3) is 0 Å². The van der Waals surface area contributed by atoms with Crippen molar-refractivity contribution in [2.24, 2.45) is 0 Å². The summed E-state index contributed by atoms with van der Waals surface area (Å²) in [5, 5.41) is 0.744. The van der Waals surface area contributed by atoms with E-state index >= 15 is 0 Å². The van der Waals surface area contributed by atoms with Crippen LogP contribution in [0.1, 0.15) is 49.4 Å². The highest BCUT2D eigenvalue weighted by Gasteiger charge is 2.38. The molecule has 5 rings (SSSR count). The van der Waals surface area contributed by atoms with Crippen LogP contribution in [0.4, 0.5) is 0 Å². The Bertz CT molecular complexity index is 1000. The molecule has 0 bridgehead atoms. The summed E-state index contributed by atoms with van der Waals surface area (Å²) in [6, 6.07) is 16.7. The molecule has 1 unspecified atom stereocenters. The zero-order chi connectivity index (χ0) is 19.1. The van der Waals surface area contributed by atoms with Crippen molar-refractivity contribution in [1.82, 2.24) is 14.5 Å². The second-order valence-corrected chi connectivity index (χ2v) is 8.49. The summed E-state index contributed by atoms with van der Waals surface area (Å²) in [4.78, 5) is 19.8. The minimum absolute atomic E-state index is 0.160. The number of aromatic nitrogens is 2. The molecule has 2 fully saturated rings. The number of para-hydroxylation sites is 2. The van der Waals surface area contributed by atoms with Crippen LogP contribution in [0, 0.1) is 0 Å². The van der Waals surface area contributed by atoms with Gasteiger partial charge in [-0.15, -0.1) is 0 Å². The van der Waals surface area contributed by atoms with Crippen molar-refractivity contribution in [3.8, 4) is 0 Å². The van der Waals surface area contributed by atoms with Crippen molar-refractivity contribution >= 4 is 28.5 Å². The second-order valence-electron chi connectivity index (χ2n) is 8.06. The standard InChI is InChI=1S/C23H24ClN3O/c24-18-11-9-16(10-12-18)14-27-21-8-4-3-7-20(21)25-23(27)17-13-22(28)26(15-17)19-5-1-2-6-19/h3-4,7-12,17,19H,1-2,5-6,13-15H2. The van der Waals surface area contributed by atoms with Gasteiger partial charge in [0.1, 0.15) is 5.82 Å². The third-order valence-electron chi connectivity index (χ3n) is 6.23. The number of benzene rings is 2. The van der Waals surface area contributed by atoms with Crippen LogP contribution in [-0.4, -0.2) is 32.9 Å². The van der Waals surface area contributed by atoms with Crippen molar-refractivity contribution in [3.63, 3.8) is 0 Å². The molecular formula is C23H24ClN3O. The highest BCUT2D eigenvalue weighted by atomic mass is 35.5. The van der Waals surface area contributed by atoms with Crippen LogP contribution in [0.5, 0.6) is 0 Å². The van der Waals surface area contributed by atoms with Crippen LogP contribution in [-0.2, 0) is 11.3 Å². The Morgan fingerprint density at radius 1 is 1.04 bits per heavy atom. The van der Waals surface area contributed by atoms with Crippen molar-refractivity contribution in [2.75, 3.05) is 6.54 Å². The van der Waals surface area contributed by atoms with Gasteiger partial charge in [-0.3, -0.25) is 4.79 Å². The molecule has 1 aliphatic carbocycles. The normalized spacial score (nSPS) is 20.5. The zero-order valence-electron chi connectivity index (χ0n) is 15.9. The Morgan fingerprint density at radius 2 is 1.79 bits per heavy atom. The zero-order valence-corrected chi connectivity index (χ0v) is 16.6. The van der Waals surface area contributed by atoms with Gasteiger partial charge in [0, 0.05) is 36.5 Å². The molecule has 5 heteroatoms. The molecule has 0 spiro atoms. The maximum Gasteiger partial charge on any atom is 0.223 e. The highest BCUT2D eigenvalue weighted by Crippen LogP contribution is 2.35. The van der Waals surface area contributed by atoms with Gasteiger partial charge in [-0.1, -0.05) is 48.7 Å². The average molecular weight is 394 g/mol. The number of amides is 1. The number of halogens is 1. The van der Waals surface area contributed by atoms with E-state index in [0.717, 1.165) is 47.8 Å². The van der Waals surface area contributed by atoms with Crippen molar-refractivity contribution in [2.45, 2.75) is 50.6 Å². The topological polar surface area (TPSA) is 38.1 Å². The lowest BCUT2D eigenvalue weighted by Crippen LogP contribution is -2.34. The minimum Gasteiger partial charge on any atom is -0.339 e. The second kappa shape index (κ2) is 7.25. The number of carbonyl (C=O) groups is 1. The maximum atomic E-state index is 12.7. The van der Waals surface area contributed by atoms with Crippen molar-refractivity contribution in [3.05, 3.63) is 64.9 Å². The van der Waals surface area contributed by atoms with Crippen LogP contribution < -0.4 is 0 Å². The number of likely N-dealkylation sites (tertiary alicyclic amines) is 1. The van der Waals surface area contributed by atoms with E-state index < -0.39 is 0 Å². The first-order chi connectivity index (χ1) is 13.7. The van der Waals surface area contributed by atoms with Gasteiger partial charge in [0.05, 0.1) is 11.0 Å². The number of rotatable bonds is 4. The van der Waals surface area contributed by atoms with Gasteiger partial charge < -0.3 is 9.47 Å². The van der Waals surface area contributed by atoms with Gasteiger partial charge in [0.2, 0.25) is 5.91 Å². The summed E-state index contributed by atoms with van der Waals surface area (Å²) in [6.45, 7) is 1.54. The third-order valence-corrected chi connectivity index (χ3v) is 6.48. The van der Waals surface area contributed by atoms with Crippen LogP contribution >= 0.6 is 11.6 Å². The third kappa shape index (κ3) is 3.20.